The van der Waals surface area contributed by atoms with Crippen molar-refractivity contribution in [2.75, 3.05) is 44.2 Å². The minimum absolute atomic E-state index is 0.0889. The van der Waals surface area contributed by atoms with Gasteiger partial charge in [0, 0.05) is 50.0 Å². The predicted molar refractivity (Wildman–Crippen MR) is 109 cm³/mol. The smallest absolute Gasteiger partial charge is 0.282 e. The molecule has 0 N–H and O–H groups in total. The highest BCUT2D eigenvalue weighted by molar-refractivity contribution is 7.86. The van der Waals surface area contributed by atoms with Gasteiger partial charge in [-0.3, -0.25) is 0 Å². The van der Waals surface area contributed by atoms with Gasteiger partial charge < -0.3 is 9.64 Å². The Labute approximate surface area is 166 Å². The summed E-state index contributed by atoms with van der Waals surface area (Å²) >= 11 is 0. The highest BCUT2D eigenvalue weighted by atomic mass is 32.2. The van der Waals surface area contributed by atoms with Crippen molar-refractivity contribution in [3.05, 3.63) is 30.0 Å². The maximum Gasteiger partial charge on any atom is 0.282 e. The molecule has 1 aromatic heterocycles. The van der Waals surface area contributed by atoms with Crippen LogP contribution in [0.15, 0.2) is 24.3 Å². The van der Waals surface area contributed by atoms with Crippen molar-refractivity contribution in [2.45, 2.75) is 33.0 Å². The maximum atomic E-state index is 13.1. The molecule has 4 rings (SSSR count). The molecule has 0 radical (unpaired) electrons. The minimum Gasteiger partial charge on any atom is -0.373 e. The van der Waals surface area contributed by atoms with E-state index in [1.807, 2.05) is 45.0 Å². The summed E-state index contributed by atoms with van der Waals surface area (Å²) in [6, 6.07) is 8.08. The van der Waals surface area contributed by atoms with Gasteiger partial charge in [0.25, 0.3) is 10.2 Å². The van der Waals surface area contributed by atoms with Crippen LogP contribution in [-0.4, -0.2) is 78.7 Å². The summed E-state index contributed by atoms with van der Waals surface area (Å²) in [5.74, 6) is 0.826. The molecule has 9 heteroatoms. The molecule has 1 aromatic carbocycles. The first-order valence-corrected chi connectivity index (χ1v) is 11.1. The average Bonchev–Trinajstić information content (AvgIpc) is 2.68. The lowest BCUT2D eigenvalue weighted by atomic mass is 10.1. The van der Waals surface area contributed by atoms with Crippen LogP contribution in [0.4, 0.5) is 5.82 Å². The number of rotatable bonds is 3. The second-order valence-corrected chi connectivity index (χ2v) is 9.55. The minimum atomic E-state index is -3.48. The number of ether oxygens (including phenoxy) is 1. The van der Waals surface area contributed by atoms with E-state index in [4.69, 9.17) is 4.74 Å². The normalized spacial score (nSPS) is 25.3. The van der Waals surface area contributed by atoms with Crippen molar-refractivity contribution in [2.24, 2.45) is 0 Å². The topological polar surface area (TPSA) is 78.9 Å². The molecular formula is C19H27N5O3S. The average molecular weight is 406 g/mol. The van der Waals surface area contributed by atoms with Crippen molar-refractivity contribution in [1.82, 2.24) is 18.8 Å². The molecule has 2 aromatic rings. The van der Waals surface area contributed by atoms with Gasteiger partial charge in [0.15, 0.2) is 5.82 Å². The van der Waals surface area contributed by atoms with Crippen molar-refractivity contribution < 1.29 is 13.2 Å². The molecule has 28 heavy (non-hydrogen) atoms. The number of aryl methyl sites for hydroxylation is 1. The molecule has 3 heterocycles. The summed E-state index contributed by atoms with van der Waals surface area (Å²) < 4.78 is 35.0. The molecule has 2 fully saturated rings. The number of nitrogens with zero attached hydrogens (tertiary/aromatic N) is 5. The molecule has 2 atom stereocenters. The van der Waals surface area contributed by atoms with Crippen molar-refractivity contribution in [3.63, 3.8) is 0 Å². The Bertz CT molecular complexity index is 949. The standard InChI is InChI=1S/C19H27N5O3S/c1-14-12-24(13-15(2)27-14)28(25,26)23-10-8-22(9-11-23)19-18-7-5-4-6-17(18)16(3)20-21-19/h4-7,14-15H,8-13H2,1-3H3/t14-,15+. The maximum absolute atomic E-state index is 13.1. The number of hydrogen-bond acceptors (Lipinski definition) is 6. The van der Waals surface area contributed by atoms with Crippen molar-refractivity contribution in [1.29, 1.82) is 0 Å². The van der Waals surface area contributed by atoms with Gasteiger partial charge in [0.1, 0.15) is 0 Å². The van der Waals surface area contributed by atoms with E-state index in [2.05, 4.69) is 15.1 Å². The monoisotopic (exact) mass is 405 g/mol. The molecule has 0 amide bonds. The molecule has 2 aliphatic rings. The fourth-order valence-electron chi connectivity index (χ4n) is 4.07. The van der Waals surface area contributed by atoms with Crippen LogP contribution in [0, 0.1) is 6.92 Å². The van der Waals surface area contributed by atoms with E-state index in [-0.39, 0.29) is 12.2 Å². The number of piperazine rings is 1. The van der Waals surface area contributed by atoms with Crippen molar-refractivity contribution >= 4 is 26.8 Å². The number of fused-ring (bicyclic) bond motifs is 1. The molecule has 8 nitrogen and oxygen atoms in total. The van der Waals surface area contributed by atoms with Crippen LogP contribution in [0.3, 0.4) is 0 Å². The Morgan fingerprint density at radius 2 is 1.54 bits per heavy atom. The van der Waals surface area contributed by atoms with Gasteiger partial charge in [0.2, 0.25) is 0 Å². The Kier molecular flexibility index (Phi) is 5.26. The second-order valence-electron chi connectivity index (χ2n) is 7.62. The molecular weight excluding hydrogens is 378 g/mol. The van der Waals surface area contributed by atoms with E-state index in [1.54, 1.807) is 8.61 Å². The first-order valence-electron chi connectivity index (χ1n) is 9.74. The zero-order chi connectivity index (χ0) is 19.9. The van der Waals surface area contributed by atoms with Gasteiger partial charge >= 0.3 is 0 Å². The van der Waals surface area contributed by atoms with Crippen molar-refractivity contribution in [3.8, 4) is 0 Å². The third-order valence-corrected chi connectivity index (χ3v) is 7.40. The van der Waals surface area contributed by atoms with Gasteiger partial charge in [0.05, 0.1) is 17.9 Å². The Morgan fingerprint density at radius 1 is 0.929 bits per heavy atom. The number of morpholine rings is 1. The quantitative estimate of drug-likeness (QED) is 0.768. The van der Waals surface area contributed by atoms with E-state index in [0.717, 1.165) is 22.3 Å². The predicted octanol–water partition coefficient (Wildman–Crippen LogP) is 1.41. The fraction of sp³-hybridized carbons (Fsp3) is 0.579. The molecule has 2 aliphatic heterocycles. The molecule has 0 aliphatic carbocycles. The van der Waals surface area contributed by atoms with Crippen LogP contribution < -0.4 is 4.90 Å². The Hall–Kier alpha value is -1.81. The van der Waals surface area contributed by atoms with E-state index < -0.39 is 10.2 Å². The molecule has 0 unspecified atom stereocenters. The zero-order valence-corrected chi connectivity index (χ0v) is 17.4. The van der Waals surface area contributed by atoms with E-state index in [9.17, 15) is 8.42 Å². The number of aromatic nitrogens is 2. The first kappa shape index (κ1) is 19.5. The van der Waals surface area contributed by atoms with Crippen LogP contribution in [0.25, 0.3) is 10.8 Å². The van der Waals surface area contributed by atoms with Crippen LogP contribution in [0.2, 0.25) is 0 Å². The third kappa shape index (κ3) is 3.59. The van der Waals surface area contributed by atoms with Crippen LogP contribution in [0.1, 0.15) is 19.5 Å². The van der Waals surface area contributed by atoms with E-state index in [0.29, 0.717) is 39.3 Å². The SMILES string of the molecule is Cc1nnc(N2CCN(S(=O)(=O)N3C[C@@H](C)O[C@@H](C)C3)CC2)c2ccccc12. The lowest BCUT2D eigenvalue weighted by molar-refractivity contribution is -0.0455. The van der Waals surface area contributed by atoms with Crippen LogP contribution in [0.5, 0.6) is 0 Å². The summed E-state index contributed by atoms with van der Waals surface area (Å²) in [6.07, 6.45) is -0.178. The van der Waals surface area contributed by atoms with Crippen LogP contribution in [-0.2, 0) is 14.9 Å². The van der Waals surface area contributed by atoms with Gasteiger partial charge in [-0.05, 0) is 20.8 Å². The largest absolute Gasteiger partial charge is 0.373 e. The molecule has 0 saturated carbocycles. The highest BCUT2D eigenvalue weighted by Gasteiger charge is 2.37. The summed E-state index contributed by atoms with van der Waals surface area (Å²) in [7, 11) is -3.48. The summed E-state index contributed by atoms with van der Waals surface area (Å²) in [5, 5.41) is 10.8. The highest BCUT2D eigenvalue weighted by Crippen LogP contribution is 2.27. The number of anilines is 1. The van der Waals surface area contributed by atoms with Gasteiger partial charge in [-0.1, -0.05) is 24.3 Å². The Balaban J connectivity index is 1.50. The number of benzene rings is 1. The third-order valence-electron chi connectivity index (χ3n) is 5.43. The van der Waals surface area contributed by atoms with Crippen LogP contribution >= 0.6 is 0 Å². The van der Waals surface area contributed by atoms with E-state index >= 15 is 0 Å². The molecule has 0 spiro atoms. The summed E-state index contributed by atoms with van der Waals surface area (Å²) in [5.41, 5.74) is 0.899. The lowest BCUT2D eigenvalue weighted by Crippen LogP contribution is -2.57. The van der Waals surface area contributed by atoms with Gasteiger partial charge in [-0.25, -0.2) is 0 Å². The number of hydrogen-bond donors (Lipinski definition) is 0. The van der Waals surface area contributed by atoms with E-state index in [1.165, 1.54) is 0 Å². The van der Waals surface area contributed by atoms with Gasteiger partial charge in [-0.2, -0.15) is 22.1 Å². The fourth-order valence-corrected chi connectivity index (χ4v) is 5.82. The summed E-state index contributed by atoms with van der Waals surface area (Å²) in [6.45, 7) is 8.65. The second kappa shape index (κ2) is 7.55. The van der Waals surface area contributed by atoms with Gasteiger partial charge in [-0.15, -0.1) is 5.10 Å². The zero-order valence-electron chi connectivity index (χ0n) is 16.6. The lowest BCUT2D eigenvalue weighted by Gasteiger charge is -2.40. The molecule has 152 valence electrons. The Morgan fingerprint density at radius 3 is 2.18 bits per heavy atom. The first-order chi connectivity index (χ1) is 13.4. The summed E-state index contributed by atoms with van der Waals surface area (Å²) in [4.78, 5) is 2.13. The molecule has 2 saturated heterocycles. The molecule has 0 bridgehead atoms.